The molecule has 0 atom stereocenters. The summed E-state index contributed by atoms with van der Waals surface area (Å²) >= 11 is 2.99. The quantitative estimate of drug-likeness (QED) is 0.389. The molecule has 0 aliphatic carbocycles. The first-order valence-electron chi connectivity index (χ1n) is 9.49. The highest BCUT2D eigenvalue weighted by Gasteiger charge is 2.15. The summed E-state index contributed by atoms with van der Waals surface area (Å²) in [6.45, 7) is 1.10. The zero-order valence-corrected chi connectivity index (χ0v) is 18.4. The summed E-state index contributed by atoms with van der Waals surface area (Å²) in [6, 6.07) is 7.48. The van der Waals surface area contributed by atoms with E-state index in [2.05, 4.69) is 15.3 Å². The predicted molar refractivity (Wildman–Crippen MR) is 121 cm³/mol. The van der Waals surface area contributed by atoms with Crippen LogP contribution in [-0.4, -0.2) is 40.8 Å². The Balaban J connectivity index is 1.40. The first kappa shape index (κ1) is 21.2. The number of nitrogens with zero attached hydrogens (tertiary/aromatic N) is 3. The normalized spacial score (nSPS) is 11.0. The van der Waals surface area contributed by atoms with Gasteiger partial charge in [-0.25, -0.2) is 9.97 Å². The average molecular weight is 457 g/mol. The fraction of sp³-hybridized carbons (Fsp3) is 0.238. The molecular formula is C21H20N4O4S2. The van der Waals surface area contributed by atoms with Crippen molar-refractivity contribution < 1.29 is 14.3 Å². The van der Waals surface area contributed by atoms with Gasteiger partial charge in [0.05, 0.1) is 18.3 Å². The summed E-state index contributed by atoms with van der Waals surface area (Å²) in [5, 5.41) is 7.26. The number of hydrogen-bond donors (Lipinski definition) is 1. The highest BCUT2D eigenvalue weighted by atomic mass is 32.1. The standard InChI is InChI=1S/C21H20N4O4S2/c1-28-6-7-29-18-5-4-14(10-23-18)9-22-17(26)11-25-13-24-20-19(21(25)27)15(12-31-20)16-3-2-8-30-16/h2-5,8,10,12-13H,6-7,9,11H2,1H3,(H,22,26). The van der Waals surface area contributed by atoms with Crippen LogP contribution in [0.4, 0.5) is 0 Å². The van der Waals surface area contributed by atoms with Crippen molar-refractivity contribution in [3.63, 3.8) is 0 Å². The van der Waals surface area contributed by atoms with Crippen molar-refractivity contribution in [3.05, 3.63) is 63.5 Å². The van der Waals surface area contributed by atoms with Crippen molar-refractivity contribution in [2.45, 2.75) is 13.1 Å². The molecule has 0 spiro atoms. The molecule has 0 aromatic carbocycles. The van der Waals surface area contributed by atoms with Crippen LogP contribution >= 0.6 is 22.7 Å². The van der Waals surface area contributed by atoms with E-state index >= 15 is 0 Å². The average Bonchev–Trinajstić information content (AvgIpc) is 3.45. The SMILES string of the molecule is COCCOc1ccc(CNC(=O)Cn2cnc3scc(-c4cccs4)c3c2=O)cn1. The molecule has 10 heteroatoms. The molecule has 4 aromatic rings. The first-order valence-corrected chi connectivity index (χ1v) is 11.3. The van der Waals surface area contributed by atoms with Crippen molar-refractivity contribution in [1.82, 2.24) is 19.9 Å². The van der Waals surface area contributed by atoms with Crippen molar-refractivity contribution in [1.29, 1.82) is 0 Å². The highest BCUT2D eigenvalue weighted by molar-refractivity contribution is 7.18. The van der Waals surface area contributed by atoms with Crippen molar-refractivity contribution in [3.8, 4) is 16.3 Å². The third kappa shape index (κ3) is 4.98. The van der Waals surface area contributed by atoms with E-state index in [4.69, 9.17) is 9.47 Å². The van der Waals surface area contributed by atoms with Gasteiger partial charge in [0.2, 0.25) is 11.8 Å². The zero-order chi connectivity index (χ0) is 21.6. The van der Waals surface area contributed by atoms with Crippen LogP contribution in [0.5, 0.6) is 5.88 Å². The van der Waals surface area contributed by atoms with Crippen LogP contribution in [0.1, 0.15) is 5.56 Å². The van der Waals surface area contributed by atoms with Gasteiger partial charge in [-0.3, -0.25) is 14.2 Å². The van der Waals surface area contributed by atoms with E-state index < -0.39 is 0 Å². The van der Waals surface area contributed by atoms with Crippen LogP contribution in [0.25, 0.3) is 20.7 Å². The lowest BCUT2D eigenvalue weighted by Crippen LogP contribution is -2.32. The van der Waals surface area contributed by atoms with E-state index in [9.17, 15) is 9.59 Å². The molecule has 4 heterocycles. The summed E-state index contributed by atoms with van der Waals surface area (Å²) < 4.78 is 11.7. The van der Waals surface area contributed by atoms with Crippen molar-refractivity contribution in [2.24, 2.45) is 0 Å². The Morgan fingerprint density at radius 1 is 1.19 bits per heavy atom. The van der Waals surface area contributed by atoms with Gasteiger partial charge in [0.15, 0.2) is 0 Å². The van der Waals surface area contributed by atoms with E-state index in [1.807, 2.05) is 29.0 Å². The number of pyridine rings is 1. The van der Waals surface area contributed by atoms with E-state index in [0.29, 0.717) is 35.9 Å². The van der Waals surface area contributed by atoms with E-state index in [-0.39, 0.29) is 18.0 Å². The van der Waals surface area contributed by atoms with Crippen LogP contribution in [0, 0.1) is 0 Å². The molecule has 0 radical (unpaired) electrons. The van der Waals surface area contributed by atoms with Gasteiger partial charge in [-0.15, -0.1) is 22.7 Å². The molecule has 0 saturated carbocycles. The van der Waals surface area contributed by atoms with Crippen LogP contribution in [0.2, 0.25) is 0 Å². The number of fused-ring (bicyclic) bond motifs is 1. The lowest BCUT2D eigenvalue weighted by molar-refractivity contribution is -0.121. The van der Waals surface area contributed by atoms with Gasteiger partial charge in [-0.05, 0) is 17.0 Å². The van der Waals surface area contributed by atoms with E-state index in [1.54, 1.807) is 30.7 Å². The van der Waals surface area contributed by atoms with Crippen LogP contribution in [0.3, 0.4) is 0 Å². The molecular weight excluding hydrogens is 436 g/mol. The third-order valence-electron chi connectivity index (χ3n) is 4.49. The molecule has 1 N–H and O–H groups in total. The van der Waals surface area contributed by atoms with Gasteiger partial charge in [0, 0.05) is 41.7 Å². The van der Waals surface area contributed by atoms with Crippen LogP contribution in [0.15, 0.2) is 52.3 Å². The van der Waals surface area contributed by atoms with E-state index in [1.165, 1.54) is 22.2 Å². The Labute approximate surface area is 186 Å². The van der Waals surface area contributed by atoms with Gasteiger partial charge < -0.3 is 14.8 Å². The fourth-order valence-electron chi connectivity index (χ4n) is 2.94. The fourth-order valence-corrected chi connectivity index (χ4v) is 4.66. The molecule has 4 rings (SSSR count). The molecule has 1 amide bonds. The molecule has 0 saturated heterocycles. The number of thiophene rings is 2. The second-order valence-electron chi connectivity index (χ2n) is 6.61. The highest BCUT2D eigenvalue weighted by Crippen LogP contribution is 2.33. The maximum absolute atomic E-state index is 13.0. The molecule has 0 fully saturated rings. The van der Waals surface area contributed by atoms with Gasteiger partial charge in [0.1, 0.15) is 18.0 Å². The van der Waals surface area contributed by atoms with Crippen LogP contribution in [-0.2, 0) is 22.6 Å². The topological polar surface area (TPSA) is 95.3 Å². The van der Waals surface area contributed by atoms with Crippen molar-refractivity contribution >= 4 is 38.8 Å². The number of aromatic nitrogens is 3. The number of carbonyl (C=O) groups is 1. The Hall–Kier alpha value is -3.08. The van der Waals surface area contributed by atoms with Gasteiger partial charge >= 0.3 is 0 Å². The third-order valence-corrected chi connectivity index (χ3v) is 6.28. The van der Waals surface area contributed by atoms with Crippen molar-refractivity contribution in [2.75, 3.05) is 20.3 Å². The minimum Gasteiger partial charge on any atom is -0.475 e. The number of nitrogens with one attached hydrogen (secondary N) is 1. The molecule has 0 aliphatic heterocycles. The Bertz CT molecular complexity index is 1220. The Morgan fingerprint density at radius 3 is 2.84 bits per heavy atom. The molecule has 0 bridgehead atoms. The van der Waals surface area contributed by atoms with Gasteiger partial charge in [-0.1, -0.05) is 12.1 Å². The molecule has 4 aromatic heterocycles. The molecule has 0 aliphatic rings. The second-order valence-corrected chi connectivity index (χ2v) is 8.41. The largest absolute Gasteiger partial charge is 0.475 e. The molecule has 0 unspecified atom stereocenters. The van der Waals surface area contributed by atoms with E-state index in [0.717, 1.165) is 16.0 Å². The smallest absolute Gasteiger partial charge is 0.263 e. The number of rotatable bonds is 9. The monoisotopic (exact) mass is 456 g/mol. The maximum atomic E-state index is 13.0. The van der Waals surface area contributed by atoms with Crippen LogP contribution < -0.4 is 15.6 Å². The molecule has 160 valence electrons. The summed E-state index contributed by atoms with van der Waals surface area (Å²) in [7, 11) is 1.60. The summed E-state index contributed by atoms with van der Waals surface area (Å²) in [6.07, 6.45) is 3.06. The first-order chi connectivity index (χ1) is 15.2. The lowest BCUT2D eigenvalue weighted by atomic mass is 10.2. The Kier molecular flexibility index (Phi) is 6.70. The zero-order valence-electron chi connectivity index (χ0n) is 16.7. The number of amides is 1. The molecule has 31 heavy (non-hydrogen) atoms. The summed E-state index contributed by atoms with van der Waals surface area (Å²) in [5.74, 6) is 0.215. The molecule has 8 nitrogen and oxygen atoms in total. The number of ether oxygens (including phenoxy) is 2. The van der Waals surface area contributed by atoms with Gasteiger partial charge in [0.25, 0.3) is 5.56 Å². The summed E-state index contributed by atoms with van der Waals surface area (Å²) in [4.78, 5) is 35.6. The van der Waals surface area contributed by atoms with Gasteiger partial charge in [-0.2, -0.15) is 0 Å². The maximum Gasteiger partial charge on any atom is 0.263 e. The minimum atomic E-state index is -0.281. The number of carbonyl (C=O) groups excluding carboxylic acids is 1. The number of methoxy groups -OCH3 is 1. The second kappa shape index (κ2) is 9.82. The predicted octanol–water partition coefficient (Wildman–Crippen LogP) is 2.92. The minimum absolute atomic E-state index is 0.104. The summed E-state index contributed by atoms with van der Waals surface area (Å²) in [5.41, 5.74) is 1.47. The lowest BCUT2D eigenvalue weighted by Gasteiger charge is -2.08. The number of hydrogen-bond acceptors (Lipinski definition) is 8. The Morgan fingerprint density at radius 2 is 2.10 bits per heavy atom.